The number of hydrogen-bond acceptors (Lipinski definition) is 4. The molecule has 16 heavy (non-hydrogen) atoms. The largest absolute Gasteiger partial charge is 0.452 e. The van der Waals surface area contributed by atoms with Crippen LogP contribution in [0.4, 0.5) is 5.69 Å². The number of anilines is 1. The van der Waals surface area contributed by atoms with Gasteiger partial charge in [0.05, 0.1) is 0 Å². The van der Waals surface area contributed by atoms with Crippen LogP contribution in [0.15, 0.2) is 40.8 Å². The number of nitrogens with one attached hydrogen (secondary N) is 1. The highest BCUT2D eigenvalue weighted by atomic mass is 16.3. The SMILES string of the molecule is N=C(c1ccc(C=O)o1)c1ccccc1N. The Kier molecular flexibility index (Phi) is 2.55. The molecule has 80 valence electrons. The van der Waals surface area contributed by atoms with Crippen molar-refractivity contribution in [1.29, 1.82) is 5.41 Å². The van der Waals surface area contributed by atoms with Gasteiger partial charge in [-0.15, -0.1) is 0 Å². The molecule has 0 saturated heterocycles. The van der Waals surface area contributed by atoms with E-state index in [0.717, 1.165) is 0 Å². The minimum atomic E-state index is 0.172. The minimum absolute atomic E-state index is 0.172. The van der Waals surface area contributed by atoms with Crippen molar-refractivity contribution in [3.05, 3.63) is 53.5 Å². The second-order valence-corrected chi connectivity index (χ2v) is 3.28. The topological polar surface area (TPSA) is 80.1 Å². The first-order valence-electron chi connectivity index (χ1n) is 4.71. The number of aldehydes is 1. The summed E-state index contributed by atoms with van der Waals surface area (Å²) in [5.74, 6) is 0.536. The van der Waals surface area contributed by atoms with Crippen LogP contribution in [0.5, 0.6) is 0 Å². The van der Waals surface area contributed by atoms with Gasteiger partial charge in [-0.25, -0.2) is 0 Å². The van der Waals surface area contributed by atoms with Gasteiger partial charge in [0.1, 0.15) is 5.71 Å². The zero-order valence-electron chi connectivity index (χ0n) is 8.44. The van der Waals surface area contributed by atoms with Crippen molar-refractivity contribution in [3.63, 3.8) is 0 Å². The van der Waals surface area contributed by atoms with Crippen LogP contribution in [0, 0.1) is 5.41 Å². The normalized spacial score (nSPS) is 10.0. The van der Waals surface area contributed by atoms with Crippen molar-refractivity contribution in [2.75, 3.05) is 5.73 Å². The first kappa shape index (κ1) is 10.2. The van der Waals surface area contributed by atoms with Gasteiger partial charge >= 0.3 is 0 Å². The highest BCUT2D eigenvalue weighted by Crippen LogP contribution is 2.17. The molecule has 4 heteroatoms. The lowest BCUT2D eigenvalue weighted by Gasteiger charge is -2.03. The fraction of sp³-hybridized carbons (Fsp3) is 0. The molecule has 0 atom stereocenters. The summed E-state index contributed by atoms with van der Waals surface area (Å²) in [5, 5.41) is 7.91. The number of rotatable bonds is 3. The summed E-state index contributed by atoms with van der Waals surface area (Å²) in [6.07, 6.45) is 0.602. The summed E-state index contributed by atoms with van der Waals surface area (Å²) in [6, 6.07) is 10.2. The van der Waals surface area contributed by atoms with Crippen LogP contribution in [-0.2, 0) is 0 Å². The number of para-hydroxylation sites is 1. The van der Waals surface area contributed by atoms with E-state index in [-0.39, 0.29) is 11.5 Å². The average Bonchev–Trinajstić information content (AvgIpc) is 2.77. The van der Waals surface area contributed by atoms with E-state index in [1.54, 1.807) is 30.3 Å². The molecule has 0 saturated carbocycles. The third-order valence-corrected chi connectivity index (χ3v) is 2.22. The van der Waals surface area contributed by atoms with Crippen LogP contribution >= 0.6 is 0 Å². The van der Waals surface area contributed by atoms with E-state index in [0.29, 0.717) is 23.3 Å². The number of nitrogens with two attached hydrogens (primary N) is 1. The quantitative estimate of drug-likeness (QED) is 0.466. The van der Waals surface area contributed by atoms with Crippen molar-refractivity contribution >= 4 is 17.7 Å². The van der Waals surface area contributed by atoms with Gasteiger partial charge in [-0.3, -0.25) is 10.2 Å². The molecule has 0 amide bonds. The molecule has 0 unspecified atom stereocenters. The van der Waals surface area contributed by atoms with Gasteiger partial charge in [-0.05, 0) is 18.2 Å². The van der Waals surface area contributed by atoms with Gasteiger partial charge in [-0.2, -0.15) is 0 Å². The first-order chi connectivity index (χ1) is 7.72. The Bertz CT molecular complexity index is 543. The number of carbonyl (C=O) groups is 1. The molecule has 0 spiro atoms. The van der Waals surface area contributed by atoms with E-state index in [1.165, 1.54) is 6.07 Å². The molecular formula is C12H10N2O2. The molecule has 4 nitrogen and oxygen atoms in total. The van der Waals surface area contributed by atoms with Gasteiger partial charge in [0.25, 0.3) is 0 Å². The predicted molar refractivity (Wildman–Crippen MR) is 60.9 cm³/mol. The summed E-state index contributed by atoms with van der Waals surface area (Å²) in [5.41, 5.74) is 7.02. The molecule has 1 aromatic heterocycles. The van der Waals surface area contributed by atoms with Gasteiger partial charge < -0.3 is 10.2 Å². The predicted octanol–water partition coefficient (Wildman–Crippen LogP) is 2.09. The summed E-state index contributed by atoms with van der Waals surface area (Å²) >= 11 is 0. The van der Waals surface area contributed by atoms with Crippen LogP contribution in [0.1, 0.15) is 21.9 Å². The summed E-state index contributed by atoms with van der Waals surface area (Å²) < 4.78 is 5.16. The van der Waals surface area contributed by atoms with Crippen LogP contribution in [-0.4, -0.2) is 12.0 Å². The Morgan fingerprint density at radius 1 is 1.25 bits per heavy atom. The maximum Gasteiger partial charge on any atom is 0.185 e. The zero-order valence-corrected chi connectivity index (χ0v) is 8.44. The molecule has 1 aromatic carbocycles. The van der Waals surface area contributed by atoms with Crippen LogP contribution < -0.4 is 5.73 Å². The van der Waals surface area contributed by atoms with Crippen molar-refractivity contribution in [3.8, 4) is 0 Å². The number of hydrogen-bond donors (Lipinski definition) is 2. The lowest BCUT2D eigenvalue weighted by Crippen LogP contribution is -2.03. The molecule has 2 aromatic rings. The number of carbonyl (C=O) groups excluding carboxylic acids is 1. The van der Waals surface area contributed by atoms with Gasteiger partial charge in [0.2, 0.25) is 0 Å². The van der Waals surface area contributed by atoms with Gasteiger partial charge in [-0.1, -0.05) is 18.2 Å². The van der Waals surface area contributed by atoms with Crippen molar-refractivity contribution in [2.45, 2.75) is 0 Å². The van der Waals surface area contributed by atoms with E-state index in [9.17, 15) is 4.79 Å². The second kappa shape index (κ2) is 4.02. The molecular weight excluding hydrogens is 204 g/mol. The minimum Gasteiger partial charge on any atom is -0.452 e. The number of benzene rings is 1. The van der Waals surface area contributed by atoms with Crippen LogP contribution in [0.3, 0.4) is 0 Å². The molecule has 3 N–H and O–H groups in total. The first-order valence-corrected chi connectivity index (χ1v) is 4.71. The lowest BCUT2D eigenvalue weighted by atomic mass is 10.1. The van der Waals surface area contributed by atoms with Crippen molar-refractivity contribution in [2.24, 2.45) is 0 Å². The molecule has 0 fully saturated rings. The molecule has 0 aliphatic heterocycles. The molecule has 2 rings (SSSR count). The second-order valence-electron chi connectivity index (χ2n) is 3.28. The Labute approximate surface area is 92.2 Å². The van der Waals surface area contributed by atoms with Crippen LogP contribution in [0.25, 0.3) is 0 Å². The molecule has 1 heterocycles. The molecule has 0 aliphatic rings. The maximum absolute atomic E-state index is 10.5. The fourth-order valence-corrected chi connectivity index (χ4v) is 1.41. The van der Waals surface area contributed by atoms with Crippen LogP contribution in [0.2, 0.25) is 0 Å². The van der Waals surface area contributed by atoms with Crippen molar-refractivity contribution < 1.29 is 9.21 Å². The highest BCUT2D eigenvalue weighted by molar-refractivity contribution is 6.12. The monoisotopic (exact) mass is 214 g/mol. The zero-order chi connectivity index (χ0) is 11.5. The average molecular weight is 214 g/mol. The maximum atomic E-state index is 10.5. The standard InChI is InChI=1S/C12H10N2O2/c13-10-4-2-1-3-9(10)12(14)11-6-5-8(7-15)16-11/h1-7,14H,13H2. The Hall–Kier alpha value is -2.36. The molecule has 0 radical (unpaired) electrons. The third-order valence-electron chi connectivity index (χ3n) is 2.22. The van der Waals surface area contributed by atoms with Crippen molar-refractivity contribution in [1.82, 2.24) is 0 Å². The Balaban J connectivity index is 2.39. The van der Waals surface area contributed by atoms with E-state index in [4.69, 9.17) is 15.6 Å². The number of furan rings is 1. The van der Waals surface area contributed by atoms with Gasteiger partial charge in [0, 0.05) is 11.3 Å². The lowest BCUT2D eigenvalue weighted by molar-refractivity contribution is 0.110. The van der Waals surface area contributed by atoms with E-state index in [1.807, 2.05) is 0 Å². The fourth-order valence-electron chi connectivity index (χ4n) is 1.41. The molecule has 0 bridgehead atoms. The summed E-state index contributed by atoms with van der Waals surface area (Å²) in [4.78, 5) is 10.5. The smallest absolute Gasteiger partial charge is 0.185 e. The van der Waals surface area contributed by atoms with Gasteiger partial charge in [0.15, 0.2) is 17.8 Å². The van der Waals surface area contributed by atoms with E-state index < -0.39 is 0 Å². The third kappa shape index (κ3) is 1.72. The summed E-state index contributed by atoms with van der Waals surface area (Å²) in [7, 11) is 0. The molecule has 0 aliphatic carbocycles. The number of nitrogen functional groups attached to an aromatic ring is 1. The summed E-state index contributed by atoms with van der Waals surface area (Å²) in [6.45, 7) is 0. The Morgan fingerprint density at radius 2 is 2.00 bits per heavy atom. The Morgan fingerprint density at radius 3 is 2.62 bits per heavy atom. The van der Waals surface area contributed by atoms with E-state index in [2.05, 4.69) is 0 Å². The van der Waals surface area contributed by atoms with E-state index >= 15 is 0 Å². The highest BCUT2D eigenvalue weighted by Gasteiger charge is 2.11.